The average molecular weight is 225 g/mol. The molecule has 6 nitrogen and oxygen atoms in total. The van der Waals surface area contributed by atoms with Gasteiger partial charge in [-0.1, -0.05) is 13.3 Å². The third-order valence-corrected chi connectivity index (χ3v) is 2.23. The molecule has 2 amide bonds. The predicted molar refractivity (Wildman–Crippen MR) is 52.3 cm³/mol. The van der Waals surface area contributed by atoms with Crippen LogP contribution in [-0.2, 0) is 19.2 Å². The number of hydrogen-bond donors (Lipinski definition) is 1. The van der Waals surface area contributed by atoms with Crippen molar-refractivity contribution < 1.29 is 24.3 Å². The zero-order chi connectivity index (χ0) is 12.3. The highest BCUT2D eigenvalue weighted by Gasteiger charge is 2.37. The second-order valence-electron chi connectivity index (χ2n) is 3.35. The molecular weight excluding hydrogens is 214 g/mol. The van der Waals surface area contributed by atoms with Crippen LogP contribution in [-0.4, -0.2) is 39.6 Å². The van der Waals surface area contributed by atoms with Crippen LogP contribution in [0, 0.1) is 0 Å². The van der Waals surface area contributed by atoms with Crippen LogP contribution in [0.5, 0.6) is 0 Å². The number of hydrogen-bond acceptors (Lipinski definition) is 4. The van der Waals surface area contributed by atoms with Crippen LogP contribution in [0.4, 0.5) is 0 Å². The van der Waals surface area contributed by atoms with E-state index in [4.69, 9.17) is 5.11 Å². The summed E-state index contributed by atoms with van der Waals surface area (Å²) in [6, 6.07) is -1.20. The maximum absolute atomic E-state index is 11.3. The summed E-state index contributed by atoms with van der Waals surface area (Å²) >= 11 is 0. The molecule has 0 unspecified atom stereocenters. The molecule has 0 aromatic rings. The van der Waals surface area contributed by atoms with Gasteiger partial charge in [-0.15, -0.1) is 0 Å². The van der Waals surface area contributed by atoms with Gasteiger partial charge in [-0.25, -0.2) is 4.79 Å². The lowest BCUT2D eigenvalue weighted by Gasteiger charge is -2.22. The van der Waals surface area contributed by atoms with Gasteiger partial charge in [-0.3, -0.25) is 19.3 Å². The van der Waals surface area contributed by atoms with Gasteiger partial charge >= 0.3 is 5.97 Å². The van der Waals surface area contributed by atoms with E-state index in [1.807, 2.05) is 0 Å². The van der Waals surface area contributed by atoms with Crippen LogP contribution < -0.4 is 0 Å². The number of carbonyl (C=O) groups excluding carboxylic acids is 3. The lowest BCUT2D eigenvalue weighted by atomic mass is 10.1. The van der Waals surface area contributed by atoms with Gasteiger partial charge in [0.1, 0.15) is 6.04 Å². The second kappa shape index (κ2) is 4.69. The first-order valence-electron chi connectivity index (χ1n) is 4.81. The molecule has 0 aromatic carbocycles. The van der Waals surface area contributed by atoms with Crippen molar-refractivity contribution in [2.24, 2.45) is 0 Å². The van der Waals surface area contributed by atoms with Crippen molar-refractivity contribution in [1.29, 1.82) is 0 Å². The minimum Gasteiger partial charge on any atom is -0.475 e. The van der Waals surface area contributed by atoms with Crippen molar-refractivity contribution in [3.8, 4) is 0 Å². The first kappa shape index (κ1) is 12.1. The summed E-state index contributed by atoms with van der Waals surface area (Å²) in [5.41, 5.74) is 0. The summed E-state index contributed by atoms with van der Waals surface area (Å²) in [4.78, 5) is 45.2. The maximum atomic E-state index is 11.3. The van der Waals surface area contributed by atoms with Crippen molar-refractivity contribution in [1.82, 2.24) is 4.90 Å². The fourth-order valence-electron chi connectivity index (χ4n) is 1.51. The lowest BCUT2D eigenvalue weighted by Crippen LogP contribution is -2.47. The Balaban J connectivity index is 2.94. The van der Waals surface area contributed by atoms with Crippen molar-refractivity contribution >= 4 is 23.6 Å². The first-order valence-corrected chi connectivity index (χ1v) is 4.81. The number of carbonyl (C=O) groups is 4. The predicted octanol–water partition coefficient (Wildman–Crippen LogP) is -0.266. The monoisotopic (exact) mass is 225 g/mol. The van der Waals surface area contributed by atoms with Gasteiger partial charge in [0.15, 0.2) is 0 Å². The first-order chi connectivity index (χ1) is 7.49. The Labute approximate surface area is 91.5 Å². The topological polar surface area (TPSA) is 91.8 Å². The highest BCUT2D eigenvalue weighted by Crippen LogP contribution is 2.14. The van der Waals surface area contributed by atoms with E-state index < -0.39 is 29.6 Å². The van der Waals surface area contributed by atoms with Crippen molar-refractivity contribution in [2.45, 2.75) is 25.8 Å². The van der Waals surface area contributed by atoms with E-state index in [0.717, 1.165) is 12.2 Å². The van der Waals surface area contributed by atoms with Gasteiger partial charge < -0.3 is 5.11 Å². The molecule has 1 rings (SSSR count). The number of Topliss-reactive ketones (excluding diaryl/α,β-unsaturated/α-hetero) is 1. The molecule has 6 heteroatoms. The van der Waals surface area contributed by atoms with Crippen LogP contribution in [0.25, 0.3) is 0 Å². The fourth-order valence-corrected chi connectivity index (χ4v) is 1.51. The molecule has 0 saturated heterocycles. The Bertz CT molecular complexity index is 367. The highest BCUT2D eigenvalue weighted by molar-refractivity contribution is 6.36. The van der Waals surface area contributed by atoms with Gasteiger partial charge in [-0.2, -0.15) is 0 Å². The maximum Gasteiger partial charge on any atom is 0.374 e. The largest absolute Gasteiger partial charge is 0.475 e. The minimum atomic E-state index is -1.63. The quantitative estimate of drug-likeness (QED) is 0.513. The molecule has 0 fully saturated rings. The number of carboxylic acid groups (broad SMARTS) is 1. The van der Waals surface area contributed by atoms with E-state index in [0.29, 0.717) is 11.3 Å². The molecule has 0 aliphatic carbocycles. The van der Waals surface area contributed by atoms with Crippen LogP contribution in [0.15, 0.2) is 12.2 Å². The fraction of sp³-hybridized carbons (Fsp3) is 0.400. The Hall–Kier alpha value is -1.98. The number of ketones is 1. The van der Waals surface area contributed by atoms with E-state index in [9.17, 15) is 19.2 Å². The average Bonchev–Trinajstić information content (AvgIpc) is 2.55. The molecule has 1 N–H and O–H groups in total. The number of aliphatic carboxylic acids is 1. The van der Waals surface area contributed by atoms with E-state index in [1.54, 1.807) is 6.92 Å². The zero-order valence-electron chi connectivity index (χ0n) is 8.67. The molecule has 0 bridgehead atoms. The van der Waals surface area contributed by atoms with E-state index >= 15 is 0 Å². The number of rotatable bonds is 5. The molecule has 1 heterocycles. The molecule has 1 atom stereocenters. The molecule has 0 saturated carbocycles. The highest BCUT2D eigenvalue weighted by atomic mass is 16.4. The van der Waals surface area contributed by atoms with Gasteiger partial charge in [0.2, 0.25) is 0 Å². The van der Waals surface area contributed by atoms with E-state index in [-0.39, 0.29) is 6.42 Å². The van der Waals surface area contributed by atoms with Crippen molar-refractivity contribution in [2.75, 3.05) is 0 Å². The second-order valence-corrected chi connectivity index (χ2v) is 3.35. The van der Waals surface area contributed by atoms with Gasteiger partial charge in [0.05, 0.1) is 0 Å². The summed E-state index contributed by atoms with van der Waals surface area (Å²) in [7, 11) is 0. The molecule has 1 aliphatic heterocycles. The van der Waals surface area contributed by atoms with Crippen LogP contribution in [0.2, 0.25) is 0 Å². The van der Waals surface area contributed by atoms with Crippen LogP contribution in [0.1, 0.15) is 19.8 Å². The standard InChI is InChI=1S/C10H11NO5/c1-2-3-6(9(14)10(15)16)11-7(12)4-5-8(11)13/h4-6H,2-3H2,1H3,(H,15,16)/t6-/m0/s1. The Morgan fingerprint density at radius 2 is 1.81 bits per heavy atom. The molecule has 1 aliphatic rings. The van der Waals surface area contributed by atoms with Crippen molar-refractivity contribution in [3.05, 3.63) is 12.2 Å². The minimum absolute atomic E-state index is 0.157. The number of nitrogens with zero attached hydrogens (tertiary/aromatic N) is 1. The van der Waals surface area contributed by atoms with Gasteiger partial charge in [-0.05, 0) is 6.42 Å². The zero-order valence-corrected chi connectivity index (χ0v) is 8.67. The molecule has 0 radical (unpaired) electrons. The normalized spacial score (nSPS) is 16.7. The summed E-state index contributed by atoms with van der Waals surface area (Å²) < 4.78 is 0. The van der Waals surface area contributed by atoms with Gasteiger partial charge in [0, 0.05) is 12.2 Å². The SMILES string of the molecule is CCC[C@@H](C(=O)C(=O)O)N1C(=O)C=CC1=O. The molecule has 16 heavy (non-hydrogen) atoms. The van der Waals surface area contributed by atoms with E-state index in [2.05, 4.69) is 0 Å². The smallest absolute Gasteiger partial charge is 0.374 e. The van der Waals surface area contributed by atoms with Crippen LogP contribution >= 0.6 is 0 Å². The summed E-state index contributed by atoms with van der Waals surface area (Å²) in [6.45, 7) is 1.74. The number of amides is 2. The third kappa shape index (κ3) is 2.16. The molecule has 0 spiro atoms. The molecule has 0 aromatic heterocycles. The van der Waals surface area contributed by atoms with E-state index in [1.165, 1.54) is 0 Å². The number of imide groups is 1. The van der Waals surface area contributed by atoms with Crippen molar-refractivity contribution in [3.63, 3.8) is 0 Å². The number of carboxylic acids is 1. The Morgan fingerprint density at radius 3 is 2.19 bits per heavy atom. The molecule has 86 valence electrons. The summed E-state index contributed by atoms with van der Waals surface area (Å²) in [5, 5.41) is 8.59. The Morgan fingerprint density at radius 1 is 1.31 bits per heavy atom. The third-order valence-electron chi connectivity index (χ3n) is 2.23. The molecular formula is C10H11NO5. The van der Waals surface area contributed by atoms with Crippen LogP contribution in [0.3, 0.4) is 0 Å². The Kier molecular flexibility index (Phi) is 3.55. The lowest BCUT2D eigenvalue weighted by molar-refractivity contribution is -0.155. The van der Waals surface area contributed by atoms with Gasteiger partial charge in [0.25, 0.3) is 17.6 Å². The summed E-state index contributed by atoms with van der Waals surface area (Å²) in [5.74, 6) is -4.05. The summed E-state index contributed by atoms with van der Waals surface area (Å²) in [6.07, 6.45) is 2.71.